The maximum absolute atomic E-state index is 16.2. The van der Waals surface area contributed by atoms with Crippen LogP contribution in [-0.2, 0) is 33.5 Å². The van der Waals surface area contributed by atoms with Gasteiger partial charge in [0.25, 0.3) is 0 Å². The van der Waals surface area contributed by atoms with Crippen molar-refractivity contribution in [1.29, 1.82) is 0 Å². The molecule has 3 fully saturated rings. The van der Waals surface area contributed by atoms with Gasteiger partial charge in [0.05, 0.1) is 22.8 Å². The summed E-state index contributed by atoms with van der Waals surface area (Å²) in [5.74, 6) is -1.51. The molecule has 0 bridgehead atoms. The lowest BCUT2D eigenvalue weighted by molar-refractivity contribution is -0.134. The Labute approximate surface area is 270 Å². The minimum atomic E-state index is -0.700. The largest absolute Gasteiger partial charge is 0.356 e. The van der Waals surface area contributed by atoms with Crippen molar-refractivity contribution in [2.75, 3.05) is 13.1 Å². The smallest absolute Gasteiger partial charge is 0.234 e. The quantitative estimate of drug-likeness (QED) is 0.121. The van der Waals surface area contributed by atoms with Crippen molar-refractivity contribution in [3.63, 3.8) is 0 Å². The summed E-state index contributed by atoms with van der Waals surface area (Å²) < 4.78 is 29.0. The molecule has 2 aromatic heterocycles. The number of halogens is 2. The molecule has 3 aliphatic heterocycles. The van der Waals surface area contributed by atoms with Crippen LogP contribution in [0.2, 0.25) is 0 Å². The Bertz CT molecular complexity index is 1680. The Morgan fingerprint density at radius 2 is 1.89 bits per heavy atom. The fourth-order valence-corrected chi connectivity index (χ4v) is 6.59. The normalized spacial score (nSPS) is 24.4. The molecule has 2 amide bonds. The fourth-order valence-electron chi connectivity index (χ4n) is 6.59. The Balaban J connectivity index is 0.000000924. The molecule has 3 atom stereocenters. The number of epoxide rings is 1. The molecule has 2 aromatic carbocycles. The van der Waals surface area contributed by atoms with E-state index in [2.05, 4.69) is 44.3 Å². The molecule has 3 N–H and O–H groups in total. The Hall–Kier alpha value is -3.26. The molecule has 0 radical (unpaired) electrons. The number of hydrogen-bond donors (Lipinski definition) is 2. The first-order valence-corrected chi connectivity index (χ1v) is 16.2. The fraction of sp³-hybridized carbons (Fsp3) is 0.394. The van der Waals surface area contributed by atoms with E-state index >= 15 is 4.39 Å². The third kappa shape index (κ3) is 5.78. The standard InChI is InChI=1S/C31H30FN5O3.C2H6.H2IN/c1-30-18-37(17-21-15-26(35-36(21)2)19-6-4-3-5-7-19)13-12-31(30,40-30)24-9-10-25-23(28(24)32)14-20(16-33-25)22-8-11-27(38)34-29(22)39;2*1-2/h3-7,9-10,14-16,22H,8,11-13,17-18H2,1-2H3,(H,34,38,39);1-2H3;2H2. The molecule has 3 aliphatic rings. The number of hydrogen-bond acceptors (Lipinski definition) is 7. The number of benzene rings is 2. The highest BCUT2D eigenvalue weighted by atomic mass is 127. The molecule has 0 spiro atoms. The Morgan fingerprint density at radius 1 is 1.14 bits per heavy atom. The highest BCUT2D eigenvalue weighted by Crippen LogP contribution is 2.61. The molecular formula is C33H38FIN6O3. The number of amides is 2. The number of aryl methyl sites for hydroxylation is 1. The third-order valence-electron chi connectivity index (χ3n) is 8.85. The summed E-state index contributed by atoms with van der Waals surface area (Å²) in [6.07, 6.45) is 2.92. The molecule has 11 heteroatoms. The molecule has 232 valence electrons. The average molecular weight is 713 g/mol. The molecule has 4 aromatic rings. The first-order valence-electron chi connectivity index (χ1n) is 14.9. The van der Waals surface area contributed by atoms with Crippen LogP contribution < -0.4 is 9.26 Å². The van der Waals surface area contributed by atoms with Crippen LogP contribution in [0.25, 0.3) is 22.2 Å². The van der Waals surface area contributed by atoms with Crippen molar-refractivity contribution in [2.45, 2.75) is 63.7 Å². The van der Waals surface area contributed by atoms with E-state index in [0.717, 1.165) is 30.0 Å². The number of fused-ring (bicyclic) bond motifs is 2. The number of piperidine rings is 2. The first kappa shape index (κ1) is 32.1. The van der Waals surface area contributed by atoms with Crippen molar-refractivity contribution >= 4 is 45.6 Å². The van der Waals surface area contributed by atoms with E-state index in [9.17, 15) is 9.59 Å². The number of likely N-dealkylation sites (tertiary alicyclic amines) is 1. The second kappa shape index (κ2) is 13.0. The number of nitrogens with two attached hydrogens (primary N) is 1. The van der Waals surface area contributed by atoms with Crippen LogP contribution in [-0.4, -0.2) is 50.2 Å². The zero-order chi connectivity index (χ0) is 31.6. The van der Waals surface area contributed by atoms with Gasteiger partial charge in [-0.05, 0) is 43.5 Å². The van der Waals surface area contributed by atoms with Crippen LogP contribution in [0.4, 0.5) is 4.39 Å². The highest BCUT2D eigenvalue weighted by Gasteiger charge is 2.70. The first-order chi connectivity index (χ1) is 21.3. The SMILES string of the molecule is CC.Cn1nc(-c2ccccc2)cc1CN1CCC2(c3ccc4ncc(C5CCC(=O)NC5=O)cc4c3F)OC2(C)C1.NI. The minimum absolute atomic E-state index is 0.259. The molecule has 44 heavy (non-hydrogen) atoms. The van der Waals surface area contributed by atoms with Gasteiger partial charge in [0.15, 0.2) is 0 Å². The number of carbonyl (C=O) groups excluding carboxylic acids is 2. The monoisotopic (exact) mass is 712 g/mol. The van der Waals surface area contributed by atoms with Crippen LogP contribution in [0.3, 0.4) is 0 Å². The average Bonchev–Trinajstić information content (AvgIpc) is 3.52. The van der Waals surface area contributed by atoms with E-state index in [1.165, 1.54) is 0 Å². The highest BCUT2D eigenvalue weighted by molar-refractivity contribution is 14.1. The number of ether oxygens (including phenoxy) is 1. The Kier molecular flexibility index (Phi) is 9.49. The summed E-state index contributed by atoms with van der Waals surface area (Å²) in [5, 5.41) is 7.45. The lowest BCUT2D eigenvalue weighted by atomic mass is 9.80. The van der Waals surface area contributed by atoms with Gasteiger partial charge in [0.1, 0.15) is 17.0 Å². The van der Waals surface area contributed by atoms with E-state index < -0.39 is 17.1 Å². The van der Waals surface area contributed by atoms with Gasteiger partial charge in [-0.25, -0.2) is 4.39 Å². The van der Waals surface area contributed by atoms with Gasteiger partial charge in [-0.1, -0.05) is 50.2 Å². The second-order valence-electron chi connectivity index (χ2n) is 11.4. The predicted molar refractivity (Wildman–Crippen MR) is 176 cm³/mol. The number of nitrogens with zero attached hydrogens (tertiary/aromatic N) is 4. The zero-order valence-electron chi connectivity index (χ0n) is 25.4. The molecule has 0 saturated carbocycles. The molecule has 9 nitrogen and oxygen atoms in total. The molecule has 3 unspecified atom stereocenters. The summed E-state index contributed by atoms with van der Waals surface area (Å²) >= 11 is 1.65. The van der Waals surface area contributed by atoms with Gasteiger partial charge >= 0.3 is 0 Å². The van der Waals surface area contributed by atoms with Crippen molar-refractivity contribution in [3.8, 4) is 11.3 Å². The lowest BCUT2D eigenvalue weighted by Crippen LogP contribution is -2.44. The summed E-state index contributed by atoms with van der Waals surface area (Å²) in [6.45, 7) is 8.21. The summed E-state index contributed by atoms with van der Waals surface area (Å²) in [5.41, 5.74) is 3.60. The number of imide groups is 1. The minimum Gasteiger partial charge on any atom is -0.356 e. The summed E-state index contributed by atoms with van der Waals surface area (Å²) in [6, 6.07) is 17.6. The van der Waals surface area contributed by atoms with Gasteiger partial charge in [-0.2, -0.15) is 5.10 Å². The second-order valence-corrected chi connectivity index (χ2v) is 11.4. The van der Waals surface area contributed by atoms with E-state index in [1.54, 1.807) is 41.2 Å². The van der Waals surface area contributed by atoms with Gasteiger partial charge in [0.2, 0.25) is 11.8 Å². The van der Waals surface area contributed by atoms with Crippen LogP contribution in [0.1, 0.15) is 62.8 Å². The van der Waals surface area contributed by atoms with Gasteiger partial charge in [-0.3, -0.25) is 33.4 Å². The van der Waals surface area contributed by atoms with E-state index in [1.807, 2.05) is 49.8 Å². The molecule has 5 heterocycles. The number of carbonyl (C=O) groups is 2. The van der Waals surface area contributed by atoms with Gasteiger partial charge in [-0.15, -0.1) is 0 Å². The van der Waals surface area contributed by atoms with E-state index in [4.69, 9.17) is 9.84 Å². The van der Waals surface area contributed by atoms with Crippen molar-refractivity contribution in [1.82, 2.24) is 25.0 Å². The number of nitrogens with one attached hydrogen (secondary N) is 1. The number of pyridine rings is 1. The van der Waals surface area contributed by atoms with Gasteiger partial charge < -0.3 is 4.74 Å². The maximum atomic E-state index is 16.2. The molecule has 7 rings (SSSR count). The third-order valence-corrected chi connectivity index (χ3v) is 8.85. The maximum Gasteiger partial charge on any atom is 0.234 e. The number of rotatable bonds is 5. The van der Waals surface area contributed by atoms with E-state index in [0.29, 0.717) is 41.4 Å². The topological polar surface area (TPSA) is 119 Å². The van der Waals surface area contributed by atoms with Crippen LogP contribution in [0.15, 0.2) is 60.8 Å². The Morgan fingerprint density at radius 3 is 2.59 bits per heavy atom. The van der Waals surface area contributed by atoms with Crippen LogP contribution in [0, 0.1) is 5.82 Å². The summed E-state index contributed by atoms with van der Waals surface area (Å²) in [7, 11) is 1.97. The zero-order valence-corrected chi connectivity index (χ0v) is 27.6. The predicted octanol–water partition coefficient (Wildman–Crippen LogP) is 5.51. The number of aromatic nitrogens is 3. The molecular weight excluding hydrogens is 674 g/mol. The van der Waals surface area contributed by atoms with Crippen molar-refractivity contribution in [2.24, 2.45) is 11.0 Å². The lowest BCUT2D eigenvalue weighted by Gasteiger charge is -2.32. The van der Waals surface area contributed by atoms with Crippen molar-refractivity contribution < 1.29 is 18.7 Å². The summed E-state index contributed by atoms with van der Waals surface area (Å²) in [4.78, 5) is 30.8. The van der Waals surface area contributed by atoms with Gasteiger partial charge in [0, 0.05) is 78.7 Å². The van der Waals surface area contributed by atoms with Crippen LogP contribution in [0.5, 0.6) is 0 Å². The molecule has 3 saturated heterocycles. The van der Waals surface area contributed by atoms with E-state index in [-0.39, 0.29) is 24.1 Å². The van der Waals surface area contributed by atoms with Crippen LogP contribution >= 0.6 is 22.9 Å². The molecule has 0 aliphatic carbocycles. The van der Waals surface area contributed by atoms with Crippen molar-refractivity contribution in [3.05, 3.63) is 83.4 Å².